The van der Waals surface area contributed by atoms with Crippen molar-refractivity contribution in [3.05, 3.63) is 60.2 Å². The summed E-state index contributed by atoms with van der Waals surface area (Å²) in [4.78, 5) is 14.4. The second kappa shape index (κ2) is 9.29. The van der Waals surface area contributed by atoms with Gasteiger partial charge in [-0.05, 0) is 36.9 Å². The maximum atomic E-state index is 12.6. The van der Waals surface area contributed by atoms with Crippen LogP contribution in [0.3, 0.4) is 0 Å². The van der Waals surface area contributed by atoms with Gasteiger partial charge in [-0.2, -0.15) is 4.31 Å². The lowest BCUT2D eigenvalue weighted by molar-refractivity contribution is -0.117. The number of hydrogen-bond donors (Lipinski definition) is 1. The summed E-state index contributed by atoms with van der Waals surface area (Å²) in [5, 5.41) is 2.81. The van der Waals surface area contributed by atoms with Crippen molar-refractivity contribution >= 4 is 21.6 Å². The van der Waals surface area contributed by atoms with Gasteiger partial charge in [0.1, 0.15) is 0 Å². The van der Waals surface area contributed by atoms with E-state index in [9.17, 15) is 13.2 Å². The van der Waals surface area contributed by atoms with Crippen molar-refractivity contribution in [1.29, 1.82) is 0 Å². The molecule has 2 aromatic carbocycles. The molecular weight excluding hydrogens is 378 g/mol. The highest BCUT2D eigenvalue weighted by Gasteiger charge is 2.26. The number of hydrogen-bond acceptors (Lipinski definition) is 5. The highest BCUT2D eigenvalue weighted by atomic mass is 32.2. The van der Waals surface area contributed by atoms with E-state index < -0.39 is 10.0 Å². The minimum Gasteiger partial charge on any atom is -0.379 e. The molecule has 1 fully saturated rings. The first-order chi connectivity index (χ1) is 13.4. The second-order valence-corrected chi connectivity index (χ2v) is 8.68. The lowest BCUT2D eigenvalue weighted by Gasteiger charge is -2.26. The van der Waals surface area contributed by atoms with Crippen LogP contribution in [0.25, 0.3) is 0 Å². The third kappa shape index (κ3) is 5.39. The number of rotatable bonds is 7. The van der Waals surface area contributed by atoms with Gasteiger partial charge in [-0.1, -0.05) is 30.3 Å². The third-order valence-electron chi connectivity index (χ3n) is 4.45. The molecular formula is C20H25N3O4S. The summed E-state index contributed by atoms with van der Waals surface area (Å²) in [6.45, 7) is 2.44. The van der Waals surface area contributed by atoms with E-state index in [1.165, 1.54) is 16.4 Å². The van der Waals surface area contributed by atoms with E-state index in [0.29, 0.717) is 38.5 Å². The molecule has 2 aromatic rings. The zero-order valence-electron chi connectivity index (χ0n) is 15.9. The predicted octanol–water partition coefficient (Wildman–Crippen LogP) is 1.78. The molecule has 28 heavy (non-hydrogen) atoms. The number of nitrogens with one attached hydrogen (secondary N) is 1. The summed E-state index contributed by atoms with van der Waals surface area (Å²) in [7, 11) is -1.65. The van der Waals surface area contributed by atoms with E-state index in [4.69, 9.17) is 4.74 Å². The zero-order chi connectivity index (χ0) is 20.0. The SMILES string of the molecule is CN(CC(=O)Nc1ccc(S(=O)(=O)N2CCOCC2)cc1)Cc1ccccc1. The Morgan fingerprint density at radius 1 is 1.07 bits per heavy atom. The molecule has 0 aliphatic carbocycles. The van der Waals surface area contributed by atoms with Gasteiger partial charge < -0.3 is 10.1 Å². The number of carbonyl (C=O) groups excluding carboxylic acids is 1. The smallest absolute Gasteiger partial charge is 0.243 e. The minimum absolute atomic E-state index is 0.151. The molecule has 8 heteroatoms. The number of nitrogens with zero attached hydrogens (tertiary/aromatic N) is 2. The molecule has 1 aliphatic heterocycles. The Morgan fingerprint density at radius 2 is 1.71 bits per heavy atom. The molecule has 0 unspecified atom stereocenters. The van der Waals surface area contributed by atoms with Crippen molar-refractivity contribution < 1.29 is 17.9 Å². The molecule has 1 aliphatic rings. The number of sulfonamides is 1. The molecule has 150 valence electrons. The van der Waals surface area contributed by atoms with Gasteiger partial charge in [-0.3, -0.25) is 9.69 Å². The van der Waals surface area contributed by atoms with Crippen LogP contribution < -0.4 is 5.32 Å². The number of ether oxygens (including phenoxy) is 1. The lowest BCUT2D eigenvalue weighted by atomic mass is 10.2. The standard InChI is InChI=1S/C20H25N3O4S/c1-22(15-17-5-3-2-4-6-17)16-20(24)21-18-7-9-19(10-8-18)28(25,26)23-11-13-27-14-12-23/h2-10H,11-16H2,1H3,(H,21,24). The van der Waals surface area contributed by atoms with Crippen molar-refractivity contribution in [2.75, 3.05) is 45.2 Å². The maximum absolute atomic E-state index is 12.6. The third-order valence-corrected chi connectivity index (χ3v) is 6.37. The zero-order valence-corrected chi connectivity index (χ0v) is 16.7. The molecule has 3 rings (SSSR count). The van der Waals surface area contributed by atoms with Crippen LogP contribution in [0.1, 0.15) is 5.56 Å². The molecule has 0 aromatic heterocycles. The molecule has 0 saturated carbocycles. The van der Waals surface area contributed by atoms with Crippen LogP contribution in [0, 0.1) is 0 Å². The Kier molecular flexibility index (Phi) is 6.79. The Bertz CT molecular complexity index is 879. The minimum atomic E-state index is -3.53. The highest BCUT2D eigenvalue weighted by molar-refractivity contribution is 7.89. The quantitative estimate of drug-likeness (QED) is 0.762. The van der Waals surface area contributed by atoms with Crippen LogP contribution in [-0.2, 0) is 26.1 Å². The predicted molar refractivity (Wildman–Crippen MR) is 107 cm³/mol. The molecule has 1 heterocycles. The van der Waals surface area contributed by atoms with Gasteiger partial charge in [0.15, 0.2) is 0 Å². The molecule has 0 atom stereocenters. The van der Waals surface area contributed by atoms with E-state index in [-0.39, 0.29) is 17.3 Å². The molecule has 1 N–H and O–H groups in total. The van der Waals surface area contributed by atoms with Crippen LogP contribution in [0.15, 0.2) is 59.5 Å². The van der Waals surface area contributed by atoms with Crippen LogP contribution >= 0.6 is 0 Å². The molecule has 1 saturated heterocycles. The summed E-state index contributed by atoms with van der Waals surface area (Å²) in [6, 6.07) is 16.2. The Labute approximate surface area is 166 Å². The maximum Gasteiger partial charge on any atom is 0.243 e. The van der Waals surface area contributed by atoms with Gasteiger partial charge in [-0.25, -0.2) is 8.42 Å². The first-order valence-corrected chi connectivity index (χ1v) is 10.6. The van der Waals surface area contributed by atoms with Crippen molar-refractivity contribution in [2.45, 2.75) is 11.4 Å². The summed E-state index contributed by atoms with van der Waals surface area (Å²) in [6.07, 6.45) is 0. The van der Waals surface area contributed by atoms with Gasteiger partial charge in [0.25, 0.3) is 0 Å². The van der Waals surface area contributed by atoms with Crippen molar-refractivity contribution in [3.8, 4) is 0 Å². The van der Waals surface area contributed by atoms with Crippen LogP contribution in [0.2, 0.25) is 0 Å². The van der Waals surface area contributed by atoms with Gasteiger partial charge in [-0.15, -0.1) is 0 Å². The fourth-order valence-corrected chi connectivity index (χ4v) is 4.45. The van der Waals surface area contributed by atoms with Gasteiger partial charge in [0.2, 0.25) is 15.9 Å². The molecule has 0 radical (unpaired) electrons. The monoisotopic (exact) mass is 403 g/mol. The largest absolute Gasteiger partial charge is 0.379 e. The highest BCUT2D eigenvalue weighted by Crippen LogP contribution is 2.19. The van der Waals surface area contributed by atoms with E-state index in [0.717, 1.165) is 5.56 Å². The van der Waals surface area contributed by atoms with Gasteiger partial charge in [0.05, 0.1) is 24.7 Å². The summed E-state index contributed by atoms with van der Waals surface area (Å²) < 4.78 is 31.9. The average Bonchev–Trinajstić information content (AvgIpc) is 2.69. The topological polar surface area (TPSA) is 79.0 Å². The van der Waals surface area contributed by atoms with Gasteiger partial charge in [0, 0.05) is 25.3 Å². The fourth-order valence-electron chi connectivity index (χ4n) is 3.04. The van der Waals surface area contributed by atoms with Crippen LogP contribution in [-0.4, -0.2) is 63.4 Å². The van der Waals surface area contributed by atoms with E-state index in [1.54, 1.807) is 12.1 Å². The number of carbonyl (C=O) groups is 1. The summed E-state index contributed by atoms with van der Waals surface area (Å²) in [5.41, 5.74) is 1.70. The Balaban J connectivity index is 1.55. The molecule has 1 amide bonds. The molecule has 0 bridgehead atoms. The molecule has 7 nitrogen and oxygen atoms in total. The number of anilines is 1. The van der Waals surface area contributed by atoms with Crippen molar-refractivity contribution in [3.63, 3.8) is 0 Å². The summed E-state index contributed by atoms with van der Waals surface area (Å²) in [5.74, 6) is -0.151. The van der Waals surface area contributed by atoms with E-state index in [2.05, 4.69) is 5.32 Å². The van der Waals surface area contributed by atoms with Crippen LogP contribution in [0.4, 0.5) is 5.69 Å². The molecule has 0 spiro atoms. The number of likely N-dealkylation sites (N-methyl/N-ethyl adjacent to an activating group) is 1. The Morgan fingerprint density at radius 3 is 2.36 bits per heavy atom. The number of benzene rings is 2. The van der Waals surface area contributed by atoms with Crippen molar-refractivity contribution in [1.82, 2.24) is 9.21 Å². The summed E-state index contributed by atoms with van der Waals surface area (Å²) >= 11 is 0. The first-order valence-electron chi connectivity index (χ1n) is 9.15. The normalized spacial score (nSPS) is 15.5. The Hall–Kier alpha value is -2.26. The van der Waals surface area contributed by atoms with Crippen molar-refractivity contribution in [2.24, 2.45) is 0 Å². The number of morpholine rings is 1. The van der Waals surface area contributed by atoms with Crippen LogP contribution in [0.5, 0.6) is 0 Å². The second-order valence-electron chi connectivity index (χ2n) is 6.75. The average molecular weight is 404 g/mol. The lowest BCUT2D eigenvalue weighted by Crippen LogP contribution is -2.40. The fraction of sp³-hybridized carbons (Fsp3) is 0.350. The number of amides is 1. The van der Waals surface area contributed by atoms with E-state index in [1.807, 2.05) is 42.3 Å². The van der Waals surface area contributed by atoms with Gasteiger partial charge >= 0.3 is 0 Å². The first kappa shape index (κ1) is 20.5. The van der Waals surface area contributed by atoms with E-state index >= 15 is 0 Å².